The molecule has 0 saturated carbocycles. The Balaban J connectivity index is 1.76. The molecule has 2 aromatic carbocycles. The second-order valence-corrected chi connectivity index (χ2v) is 5.83. The van der Waals surface area contributed by atoms with Crippen molar-refractivity contribution in [2.24, 2.45) is 0 Å². The van der Waals surface area contributed by atoms with Crippen LogP contribution < -0.4 is 21.1 Å². The van der Waals surface area contributed by atoms with Crippen molar-refractivity contribution < 1.29 is 9.53 Å². The molecule has 0 aliphatic heterocycles. The second-order valence-electron chi connectivity index (χ2n) is 5.83. The van der Waals surface area contributed by atoms with Crippen molar-refractivity contribution in [3.05, 3.63) is 60.4 Å². The van der Waals surface area contributed by atoms with E-state index in [4.69, 9.17) is 10.5 Å². The number of hydrogen-bond donors (Lipinski definition) is 3. The molecule has 138 valence electrons. The predicted octanol–water partition coefficient (Wildman–Crippen LogP) is 4.15. The molecule has 0 atom stereocenters. The molecule has 0 aliphatic rings. The number of Topliss-reactive ketones (excluding diaryl/α,β-unsaturated/α-hetero) is 1. The smallest absolute Gasteiger partial charge is 0.159 e. The van der Waals surface area contributed by atoms with Gasteiger partial charge in [0.25, 0.3) is 0 Å². The summed E-state index contributed by atoms with van der Waals surface area (Å²) in [6, 6.07) is 14.6. The third kappa shape index (κ3) is 4.52. The summed E-state index contributed by atoms with van der Waals surface area (Å²) >= 11 is 0. The number of nitrogen functional groups attached to an aromatic ring is 1. The summed E-state index contributed by atoms with van der Waals surface area (Å²) in [4.78, 5) is 19.8. The molecule has 0 radical (unpaired) electrons. The minimum Gasteiger partial charge on any atom is -0.494 e. The van der Waals surface area contributed by atoms with E-state index in [0.717, 1.165) is 17.1 Å². The maximum atomic E-state index is 11.4. The van der Waals surface area contributed by atoms with E-state index in [1.54, 1.807) is 24.3 Å². The zero-order valence-electron chi connectivity index (χ0n) is 15.2. The van der Waals surface area contributed by atoms with E-state index in [9.17, 15) is 4.79 Å². The van der Waals surface area contributed by atoms with Crippen LogP contribution in [0.15, 0.2) is 54.9 Å². The number of hydrogen-bond acceptors (Lipinski definition) is 7. The molecule has 0 spiro atoms. The highest BCUT2D eigenvalue weighted by Gasteiger charge is 2.09. The van der Waals surface area contributed by atoms with Gasteiger partial charge in [-0.25, -0.2) is 9.97 Å². The van der Waals surface area contributed by atoms with E-state index in [1.807, 2.05) is 31.2 Å². The van der Waals surface area contributed by atoms with Crippen LogP contribution in [0.5, 0.6) is 5.75 Å². The number of carbonyl (C=O) groups is 1. The van der Waals surface area contributed by atoms with E-state index in [1.165, 1.54) is 13.3 Å². The summed E-state index contributed by atoms with van der Waals surface area (Å²) in [5.41, 5.74) is 8.85. The lowest BCUT2D eigenvalue weighted by Crippen LogP contribution is -2.05. The first-order valence-electron chi connectivity index (χ1n) is 8.55. The molecule has 0 amide bonds. The Morgan fingerprint density at radius 3 is 1.96 bits per heavy atom. The Kier molecular flexibility index (Phi) is 5.51. The van der Waals surface area contributed by atoms with Gasteiger partial charge in [0.2, 0.25) is 0 Å². The Morgan fingerprint density at radius 2 is 1.48 bits per heavy atom. The number of benzene rings is 2. The standard InChI is InChI=1S/C20H21N5O2/c1-3-27-17-10-8-16(9-11-17)25-20-18(21)19(22-12-23-20)24-15-6-4-14(5-7-15)13(2)26/h4-12H,3,21H2,1-2H3,(H2,22,23,24,25). The maximum absolute atomic E-state index is 11.4. The first-order valence-corrected chi connectivity index (χ1v) is 8.55. The molecule has 0 unspecified atom stereocenters. The van der Waals surface area contributed by atoms with Gasteiger partial charge >= 0.3 is 0 Å². The summed E-state index contributed by atoms with van der Waals surface area (Å²) in [6.07, 6.45) is 1.43. The average Bonchev–Trinajstić information content (AvgIpc) is 2.67. The Hall–Kier alpha value is -3.61. The van der Waals surface area contributed by atoms with Gasteiger partial charge in [0.05, 0.1) is 6.61 Å². The first kappa shape index (κ1) is 18.2. The van der Waals surface area contributed by atoms with Gasteiger partial charge in [0.15, 0.2) is 17.4 Å². The van der Waals surface area contributed by atoms with Gasteiger partial charge in [-0.2, -0.15) is 0 Å². The summed E-state index contributed by atoms with van der Waals surface area (Å²) < 4.78 is 5.43. The average molecular weight is 363 g/mol. The van der Waals surface area contributed by atoms with Crippen molar-refractivity contribution in [3.8, 4) is 5.75 Å². The molecule has 1 heterocycles. The van der Waals surface area contributed by atoms with Crippen molar-refractivity contribution >= 4 is 34.5 Å². The van der Waals surface area contributed by atoms with Gasteiger partial charge in [0, 0.05) is 16.9 Å². The SMILES string of the molecule is CCOc1ccc(Nc2ncnc(Nc3ccc(C(C)=O)cc3)c2N)cc1. The van der Waals surface area contributed by atoms with E-state index < -0.39 is 0 Å². The minimum absolute atomic E-state index is 0.0185. The van der Waals surface area contributed by atoms with Gasteiger partial charge in [-0.1, -0.05) is 0 Å². The molecule has 3 aromatic rings. The van der Waals surface area contributed by atoms with Crippen LogP contribution in [0.1, 0.15) is 24.2 Å². The molecule has 27 heavy (non-hydrogen) atoms. The zero-order chi connectivity index (χ0) is 19.2. The number of nitrogens with one attached hydrogen (secondary N) is 2. The van der Waals surface area contributed by atoms with Crippen molar-refractivity contribution in [1.82, 2.24) is 9.97 Å². The number of rotatable bonds is 7. The second kappa shape index (κ2) is 8.18. The lowest BCUT2D eigenvalue weighted by molar-refractivity contribution is 0.101. The number of carbonyl (C=O) groups excluding carboxylic acids is 1. The number of ketones is 1. The lowest BCUT2D eigenvalue weighted by Gasteiger charge is -2.13. The van der Waals surface area contributed by atoms with E-state index in [0.29, 0.717) is 29.5 Å². The lowest BCUT2D eigenvalue weighted by atomic mass is 10.1. The van der Waals surface area contributed by atoms with Crippen LogP contribution in [-0.4, -0.2) is 22.4 Å². The quantitative estimate of drug-likeness (QED) is 0.542. The third-order valence-corrected chi connectivity index (χ3v) is 3.87. The topological polar surface area (TPSA) is 102 Å². The van der Waals surface area contributed by atoms with E-state index in [-0.39, 0.29) is 5.78 Å². The fraction of sp³-hybridized carbons (Fsp3) is 0.150. The molecule has 0 aliphatic carbocycles. The van der Waals surface area contributed by atoms with Crippen LogP contribution in [0.4, 0.5) is 28.7 Å². The van der Waals surface area contributed by atoms with E-state index in [2.05, 4.69) is 20.6 Å². The monoisotopic (exact) mass is 363 g/mol. The molecule has 3 rings (SSSR count). The van der Waals surface area contributed by atoms with E-state index >= 15 is 0 Å². The Morgan fingerprint density at radius 1 is 0.963 bits per heavy atom. The first-order chi connectivity index (χ1) is 13.1. The summed E-state index contributed by atoms with van der Waals surface area (Å²) in [5, 5.41) is 6.32. The van der Waals surface area contributed by atoms with Crippen LogP contribution in [0.25, 0.3) is 0 Å². The van der Waals surface area contributed by atoms with Crippen LogP contribution >= 0.6 is 0 Å². The number of anilines is 5. The van der Waals surface area contributed by atoms with Gasteiger partial charge in [-0.05, 0) is 62.4 Å². The van der Waals surface area contributed by atoms with Gasteiger partial charge in [-0.3, -0.25) is 4.79 Å². The van der Waals surface area contributed by atoms with Crippen molar-refractivity contribution in [2.45, 2.75) is 13.8 Å². The van der Waals surface area contributed by atoms with Crippen LogP contribution in [0, 0.1) is 0 Å². The maximum Gasteiger partial charge on any atom is 0.159 e. The fourth-order valence-corrected chi connectivity index (χ4v) is 2.46. The molecule has 7 heteroatoms. The minimum atomic E-state index is 0.0185. The Labute approximate surface area is 157 Å². The normalized spacial score (nSPS) is 10.3. The summed E-state index contributed by atoms with van der Waals surface area (Å²) in [7, 11) is 0. The molecular weight excluding hydrogens is 342 g/mol. The largest absolute Gasteiger partial charge is 0.494 e. The highest BCUT2D eigenvalue weighted by atomic mass is 16.5. The molecule has 0 bridgehead atoms. The number of nitrogens with two attached hydrogens (primary N) is 1. The highest BCUT2D eigenvalue weighted by Crippen LogP contribution is 2.28. The van der Waals surface area contributed by atoms with Gasteiger partial charge in [0.1, 0.15) is 17.8 Å². The van der Waals surface area contributed by atoms with Crippen LogP contribution in [0.2, 0.25) is 0 Å². The molecule has 4 N–H and O–H groups in total. The predicted molar refractivity (Wildman–Crippen MR) is 107 cm³/mol. The summed E-state index contributed by atoms with van der Waals surface area (Å²) in [5.74, 6) is 1.80. The molecule has 1 aromatic heterocycles. The number of nitrogens with zero attached hydrogens (tertiary/aromatic N) is 2. The van der Waals surface area contributed by atoms with Crippen LogP contribution in [-0.2, 0) is 0 Å². The number of ether oxygens (including phenoxy) is 1. The molecule has 0 saturated heterocycles. The molecular formula is C20H21N5O2. The van der Waals surface area contributed by atoms with Crippen molar-refractivity contribution in [2.75, 3.05) is 23.0 Å². The highest BCUT2D eigenvalue weighted by molar-refractivity contribution is 5.94. The number of aromatic nitrogens is 2. The fourth-order valence-electron chi connectivity index (χ4n) is 2.46. The van der Waals surface area contributed by atoms with Crippen LogP contribution in [0.3, 0.4) is 0 Å². The van der Waals surface area contributed by atoms with Gasteiger partial charge < -0.3 is 21.1 Å². The van der Waals surface area contributed by atoms with Crippen molar-refractivity contribution in [1.29, 1.82) is 0 Å². The van der Waals surface area contributed by atoms with Gasteiger partial charge in [-0.15, -0.1) is 0 Å². The Bertz CT molecular complexity index is 924. The molecule has 7 nitrogen and oxygen atoms in total. The summed E-state index contributed by atoms with van der Waals surface area (Å²) in [6.45, 7) is 4.09. The zero-order valence-corrected chi connectivity index (χ0v) is 15.2. The molecule has 0 fully saturated rings. The van der Waals surface area contributed by atoms with Crippen molar-refractivity contribution in [3.63, 3.8) is 0 Å². The third-order valence-electron chi connectivity index (χ3n) is 3.87.